The SMILES string of the molecule is CC(C)CN1Cc2c(C(=O)N(C)Cc3ccccn3)ncn2-c2ccccc2S1(=O)=O. The van der Waals surface area contributed by atoms with Crippen LogP contribution in [-0.2, 0) is 23.1 Å². The highest BCUT2D eigenvalue weighted by atomic mass is 32.2. The summed E-state index contributed by atoms with van der Waals surface area (Å²) in [6.45, 7) is 4.69. The second-order valence-electron chi connectivity index (χ2n) is 8.05. The number of pyridine rings is 1. The van der Waals surface area contributed by atoms with Crippen molar-refractivity contribution in [2.45, 2.75) is 31.8 Å². The van der Waals surface area contributed by atoms with Crippen LogP contribution in [0.25, 0.3) is 5.69 Å². The number of fused-ring (bicyclic) bond motifs is 3. The summed E-state index contributed by atoms with van der Waals surface area (Å²) in [5.74, 6) is -0.150. The highest BCUT2D eigenvalue weighted by Crippen LogP contribution is 2.32. The lowest BCUT2D eigenvalue weighted by molar-refractivity contribution is 0.0776. The zero-order chi connectivity index (χ0) is 22.2. The van der Waals surface area contributed by atoms with Crippen molar-refractivity contribution in [3.05, 3.63) is 72.1 Å². The lowest BCUT2D eigenvalue weighted by atomic mass is 10.2. The number of aromatic nitrogens is 3. The Labute approximate surface area is 182 Å². The minimum absolute atomic E-state index is 0.0771. The van der Waals surface area contributed by atoms with Crippen LogP contribution >= 0.6 is 0 Å². The molecular weight excluding hydrogens is 414 g/mol. The average molecular weight is 440 g/mol. The van der Waals surface area contributed by atoms with E-state index in [1.54, 1.807) is 47.0 Å². The number of hydrogen-bond donors (Lipinski definition) is 0. The average Bonchev–Trinajstić information content (AvgIpc) is 3.13. The molecule has 1 amide bonds. The molecule has 31 heavy (non-hydrogen) atoms. The maximum atomic E-state index is 13.4. The zero-order valence-corrected chi connectivity index (χ0v) is 18.6. The summed E-state index contributed by atoms with van der Waals surface area (Å²) in [5, 5.41) is 0. The summed E-state index contributed by atoms with van der Waals surface area (Å²) >= 11 is 0. The first kappa shape index (κ1) is 21.2. The fraction of sp³-hybridized carbons (Fsp3) is 0.318. The first-order valence-corrected chi connectivity index (χ1v) is 11.5. The van der Waals surface area contributed by atoms with Gasteiger partial charge in [-0.1, -0.05) is 32.0 Å². The molecule has 0 saturated heterocycles. The molecule has 1 aromatic carbocycles. The Kier molecular flexibility index (Phi) is 5.63. The van der Waals surface area contributed by atoms with E-state index in [0.717, 1.165) is 5.69 Å². The van der Waals surface area contributed by atoms with Crippen molar-refractivity contribution < 1.29 is 13.2 Å². The van der Waals surface area contributed by atoms with E-state index >= 15 is 0 Å². The number of para-hydroxylation sites is 1. The van der Waals surface area contributed by atoms with Crippen LogP contribution in [0.4, 0.5) is 0 Å². The van der Waals surface area contributed by atoms with Gasteiger partial charge in [0.05, 0.1) is 30.2 Å². The van der Waals surface area contributed by atoms with Crippen molar-refractivity contribution in [2.75, 3.05) is 13.6 Å². The predicted octanol–water partition coefficient (Wildman–Crippen LogP) is 2.70. The summed E-state index contributed by atoms with van der Waals surface area (Å²) in [7, 11) is -2.02. The third-order valence-corrected chi connectivity index (χ3v) is 7.04. The molecule has 9 heteroatoms. The second-order valence-corrected chi connectivity index (χ2v) is 9.96. The maximum absolute atomic E-state index is 13.4. The van der Waals surface area contributed by atoms with Crippen LogP contribution < -0.4 is 0 Å². The standard InChI is InChI=1S/C22H25N5O3S/c1-16(2)12-26-14-19-21(22(28)25(3)13-17-8-6-7-11-23-17)24-15-27(19)18-9-4-5-10-20(18)31(26,29)30/h4-11,15-16H,12-14H2,1-3H3. The monoisotopic (exact) mass is 439 g/mol. The number of nitrogens with zero attached hydrogens (tertiary/aromatic N) is 5. The summed E-state index contributed by atoms with van der Waals surface area (Å²) in [6.07, 6.45) is 3.21. The highest BCUT2D eigenvalue weighted by Gasteiger charge is 2.35. The van der Waals surface area contributed by atoms with Gasteiger partial charge in [-0.25, -0.2) is 13.4 Å². The summed E-state index contributed by atoms with van der Waals surface area (Å²) in [4.78, 5) is 23.7. The molecule has 8 nitrogen and oxygen atoms in total. The Morgan fingerprint density at radius 2 is 1.87 bits per heavy atom. The molecule has 0 spiro atoms. The van der Waals surface area contributed by atoms with Crippen molar-refractivity contribution in [1.82, 2.24) is 23.7 Å². The van der Waals surface area contributed by atoms with E-state index in [1.807, 2.05) is 32.0 Å². The lowest BCUT2D eigenvalue weighted by Crippen LogP contribution is -2.34. The smallest absolute Gasteiger partial charge is 0.274 e. The normalized spacial score (nSPS) is 15.2. The predicted molar refractivity (Wildman–Crippen MR) is 116 cm³/mol. The molecular formula is C22H25N5O3S. The molecule has 4 rings (SSSR count). The van der Waals surface area contributed by atoms with Gasteiger partial charge in [-0.15, -0.1) is 0 Å². The number of amides is 1. The Balaban J connectivity index is 1.77. The van der Waals surface area contributed by atoms with E-state index < -0.39 is 10.0 Å². The molecule has 1 aliphatic rings. The van der Waals surface area contributed by atoms with Gasteiger partial charge in [0.2, 0.25) is 10.0 Å². The highest BCUT2D eigenvalue weighted by molar-refractivity contribution is 7.89. The Bertz CT molecular complexity index is 1200. The first-order valence-electron chi connectivity index (χ1n) is 10.1. The van der Waals surface area contributed by atoms with E-state index in [4.69, 9.17) is 0 Å². The van der Waals surface area contributed by atoms with Crippen LogP contribution in [-0.4, -0.2) is 51.7 Å². The molecule has 0 saturated carbocycles. The van der Waals surface area contributed by atoms with Crippen LogP contribution in [0.1, 0.15) is 35.7 Å². The number of benzene rings is 1. The molecule has 0 atom stereocenters. The summed E-state index contributed by atoms with van der Waals surface area (Å²) in [6, 6.07) is 12.4. The van der Waals surface area contributed by atoms with E-state index in [-0.39, 0.29) is 29.0 Å². The molecule has 0 N–H and O–H groups in total. The van der Waals surface area contributed by atoms with Crippen molar-refractivity contribution in [1.29, 1.82) is 0 Å². The lowest BCUT2D eigenvalue weighted by Gasteiger charge is -2.22. The van der Waals surface area contributed by atoms with Gasteiger partial charge < -0.3 is 4.90 Å². The van der Waals surface area contributed by atoms with Gasteiger partial charge in [-0.05, 0) is 30.2 Å². The second kappa shape index (κ2) is 8.24. The fourth-order valence-electron chi connectivity index (χ4n) is 3.73. The molecule has 0 radical (unpaired) electrons. The summed E-state index contributed by atoms with van der Waals surface area (Å²) < 4.78 is 29.9. The number of hydrogen-bond acceptors (Lipinski definition) is 5. The molecule has 0 fully saturated rings. The number of carbonyl (C=O) groups excluding carboxylic acids is 1. The molecule has 1 aliphatic heterocycles. The van der Waals surface area contributed by atoms with Crippen molar-refractivity contribution in [3.8, 4) is 5.69 Å². The number of rotatable bonds is 5. The summed E-state index contributed by atoms with van der Waals surface area (Å²) in [5.41, 5.74) is 2.08. The third kappa shape index (κ3) is 3.98. The quantitative estimate of drug-likeness (QED) is 0.610. The van der Waals surface area contributed by atoms with Gasteiger partial charge in [-0.3, -0.25) is 14.3 Å². The molecule has 0 unspecified atom stereocenters. The van der Waals surface area contributed by atoms with Crippen LogP contribution in [0.3, 0.4) is 0 Å². The molecule has 3 aromatic rings. The molecule has 0 bridgehead atoms. The first-order chi connectivity index (χ1) is 14.8. The largest absolute Gasteiger partial charge is 0.334 e. The fourth-order valence-corrected chi connectivity index (χ4v) is 5.48. The number of carbonyl (C=O) groups is 1. The Morgan fingerprint density at radius 1 is 1.13 bits per heavy atom. The molecule has 3 heterocycles. The van der Waals surface area contributed by atoms with E-state index in [0.29, 0.717) is 24.5 Å². The van der Waals surface area contributed by atoms with E-state index in [1.165, 1.54) is 10.6 Å². The van der Waals surface area contributed by atoms with Crippen LogP contribution in [0.5, 0.6) is 0 Å². The van der Waals surface area contributed by atoms with Crippen molar-refractivity contribution in [2.24, 2.45) is 5.92 Å². The minimum Gasteiger partial charge on any atom is -0.334 e. The molecule has 2 aromatic heterocycles. The van der Waals surface area contributed by atoms with Gasteiger partial charge in [0, 0.05) is 19.8 Å². The van der Waals surface area contributed by atoms with E-state index in [9.17, 15) is 13.2 Å². The maximum Gasteiger partial charge on any atom is 0.274 e. The van der Waals surface area contributed by atoms with Crippen LogP contribution in [0.15, 0.2) is 59.9 Å². The molecule has 0 aliphatic carbocycles. The number of sulfonamides is 1. The zero-order valence-electron chi connectivity index (χ0n) is 17.8. The Hall–Kier alpha value is -3.04. The van der Waals surface area contributed by atoms with Gasteiger partial charge in [0.15, 0.2) is 5.69 Å². The Morgan fingerprint density at radius 3 is 2.58 bits per heavy atom. The van der Waals surface area contributed by atoms with Gasteiger partial charge in [0.25, 0.3) is 5.91 Å². The van der Waals surface area contributed by atoms with Gasteiger partial charge >= 0.3 is 0 Å². The number of imidazole rings is 1. The van der Waals surface area contributed by atoms with Crippen molar-refractivity contribution >= 4 is 15.9 Å². The van der Waals surface area contributed by atoms with Gasteiger partial charge in [0.1, 0.15) is 11.2 Å². The molecule has 162 valence electrons. The minimum atomic E-state index is -3.71. The van der Waals surface area contributed by atoms with Crippen molar-refractivity contribution in [3.63, 3.8) is 0 Å². The van der Waals surface area contributed by atoms with Crippen LogP contribution in [0.2, 0.25) is 0 Å². The van der Waals surface area contributed by atoms with Crippen LogP contribution in [0, 0.1) is 5.92 Å². The third-order valence-electron chi connectivity index (χ3n) is 5.18. The topological polar surface area (TPSA) is 88.4 Å². The van der Waals surface area contributed by atoms with E-state index in [2.05, 4.69) is 9.97 Å². The van der Waals surface area contributed by atoms with Gasteiger partial charge in [-0.2, -0.15) is 4.31 Å².